The Morgan fingerprint density at radius 1 is 1.37 bits per heavy atom. The maximum atomic E-state index is 13.0. The van der Waals surface area contributed by atoms with E-state index in [0.29, 0.717) is 12.8 Å². The molecule has 0 aromatic rings. The van der Waals surface area contributed by atoms with Gasteiger partial charge in [-0.1, -0.05) is 19.8 Å². The van der Waals surface area contributed by atoms with Gasteiger partial charge in [0, 0.05) is 18.8 Å². The van der Waals surface area contributed by atoms with Crippen LogP contribution in [0.25, 0.3) is 0 Å². The third kappa shape index (κ3) is 5.12. The van der Waals surface area contributed by atoms with Gasteiger partial charge in [0.1, 0.15) is 6.04 Å². The molecule has 6 heteroatoms. The number of unbranched alkanes of at least 4 members (excludes halogenated alkanes) is 1. The lowest BCUT2D eigenvalue weighted by atomic mass is 9.86. The molecule has 1 saturated carbocycles. The first-order valence-corrected chi connectivity index (χ1v) is 6.76. The molecule has 0 aromatic carbocycles. The fourth-order valence-electron chi connectivity index (χ4n) is 2.26. The van der Waals surface area contributed by atoms with Gasteiger partial charge in [-0.15, -0.1) is 0 Å². The zero-order valence-corrected chi connectivity index (χ0v) is 11.1. The molecule has 1 amide bonds. The van der Waals surface area contributed by atoms with Crippen molar-refractivity contribution in [1.82, 2.24) is 5.32 Å². The Morgan fingerprint density at radius 2 is 1.95 bits per heavy atom. The molecular formula is C13H21F2NO3. The number of aliphatic carboxylic acids is 1. The highest BCUT2D eigenvalue weighted by atomic mass is 19.3. The molecule has 0 bridgehead atoms. The van der Waals surface area contributed by atoms with Gasteiger partial charge in [-0.05, 0) is 19.3 Å². The molecule has 1 rings (SSSR count). The van der Waals surface area contributed by atoms with Crippen molar-refractivity contribution in [2.75, 3.05) is 0 Å². The summed E-state index contributed by atoms with van der Waals surface area (Å²) in [5.74, 6) is -4.63. The number of rotatable bonds is 6. The summed E-state index contributed by atoms with van der Waals surface area (Å²) in [6.45, 7) is 1.93. The lowest BCUT2D eigenvalue weighted by Crippen LogP contribution is -2.45. The summed E-state index contributed by atoms with van der Waals surface area (Å²) in [4.78, 5) is 22.9. The number of alkyl halides is 2. The lowest BCUT2D eigenvalue weighted by Gasteiger charge is -2.28. The van der Waals surface area contributed by atoms with Gasteiger partial charge in [0.15, 0.2) is 0 Å². The zero-order valence-electron chi connectivity index (χ0n) is 11.1. The monoisotopic (exact) mass is 277 g/mol. The van der Waals surface area contributed by atoms with Crippen molar-refractivity contribution < 1.29 is 23.5 Å². The molecule has 0 heterocycles. The molecule has 2 N–H and O–H groups in total. The minimum Gasteiger partial charge on any atom is -0.480 e. The predicted octanol–water partition coefficient (Wildman–Crippen LogP) is 2.57. The summed E-state index contributed by atoms with van der Waals surface area (Å²) in [6, 6.07) is -0.908. The first-order valence-electron chi connectivity index (χ1n) is 6.76. The van der Waals surface area contributed by atoms with E-state index in [1.165, 1.54) is 0 Å². The Balaban J connectivity index is 2.46. The van der Waals surface area contributed by atoms with Crippen LogP contribution in [0.5, 0.6) is 0 Å². The topological polar surface area (TPSA) is 66.4 Å². The molecule has 1 aliphatic carbocycles. The molecule has 110 valence electrons. The average Bonchev–Trinajstić information content (AvgIpc) is 2.33. The number of halogens is 2. The van der Waals surface area contributed by atoms with Crippen molar-refractivity contribution in [3.8, 4) is 0 Å². The van der Waals surface area contributed by atoms with Gasteiger partial charge in [0.25, 0.3) is 0 Å². The molecular weight excluding hydrogens is 256 g/mol. The van der Waals surface area contributed by atoms with Gasteiger partial charge in [-0.3, -0.25) is 4.79 Å². The fraction of sp³-hybridized carbons (Fsp3) is 0.846. The molecule has 0 saturated heterocycles. The van der Waals surface area contributed by atoms with E-state index in [2.05, 4.69) is 5.32 Å². The fourth-order valence-corrected chi connectivity index (χ4v) is 2.26. The van der Waals surface area contributed by atoms with Crippen LogP contribution in [0.1, 0.15) is 51.9 Å². The molecule has 1 unspecified atom stereocenters. The first-order chi connectivity index (χ1) is 8.85. The summed E-state index contributed by atoms with van der Waals surface area (Å²) < 4.78 is 25.9. The van der Waals surface area contributed by atoms with Crippen molar-refractivity contribution in [2.45, 2.75) is 63.8 Å². The van der Waals surface area contributed by atoms with Crippen LogP contribution in [-0.4, -0.2) is 28.9 Å². The number of nitrogens with one attached hydrogen (secondary N) is 1. The second-order valence-corrected chi connectivity index (χ2v) is 5.17. The molecule has 1 aliphatic rings. The molecule has 0 aromatic heterocycles. The summed E-state index contributed by atoms with van der Waals surface area (Å²) in [7, 11) is 0. The van der Waals surface area contributed by atoms with E-state index in [-0.39, 0.29) is 25.7 Å². The lowest BCUT2D eigenvalue weighted by molar-refractivity contribution is -0.143. The van der Waals surface area contributed by atoms with Crippen molar-refractivity contribution in [3.05, 3.63) is 0 Å². The van der Waals surface area contributed by atoms with Crippen molar-refractivity contribution >= 4 is 11.9 Å². The number of hydrogen-bond donors (Lipinski definition) is 2. The van der Waals surface area contributed by atoms with E-state index in [0.717, 1.165) is 6.42 Å². The predicted molar refractivity (Wildman–Crippen MR) is 66.0 cm³/mol. The van der Waals surface area contributed by atoms with Crippen LogP contribution in [0.15, 0.2) is 0 Å². The largest absolute Gasteiger partial charge is 0.480 e. The van der Waals surface area contributed by atoms with E-state index in [1.54, 1.807) is 0 Å². The third-order valence-corrected chi connectivity index (χ3v) is 3.55. The summed E-state index contributed by atoms with van der Waals surface area (Å²) in [5.41, 5.74) is 0. The smallest absolute Gasteiger partial charge is 0.326 e. The van der Waals surface area contributed by atoms with E-state index >= 15 is 0 Å². The second kappa shape index (κ2) is 6.82. The molecule has 19 heavy (non-hydrogen) atoms. The van der Waals surface area contributed by atoms with Crippen LogP contribution in [0.4, 0.5) is 8.78 Å². The highest BCUT2D eigenvalue weighted by Gasteiger charge is 2.38. The summed E-state index contributed by atoms with van der Waals surface area (Å²) >= 11 is 0. The summed E-state index contributed by atoms with van der Waals surface area (Å²) in [6.07, 6.45) is 1.59. The van der Waals surface area contributed by atoms with Gasteiger partial charge in [-0.2, -0.15) is 0 Å². The molecule has 0 aliphatic heterocycles. The number of amides is 1. The van der Waals surface area contributed by atoms with Gasteiger partial charge >= 0.3 is 5.97 Å². The van der Waals surface area contributed by atoms with Crippen LogP contribution >= 0.6 is 0 Å². The van der Waals surface area contributed by atoms with Crippen molar-refractivity contribution in [3.63, 3.8) is 0 Å². The van der Waals surface area contributed by atoms with Crippen molar-refractivity contribution in [1.29, 1.82) is 0 Å². The second-order valence-electron chi connectivity index (χ2n) is 5.17. The number of carboxylic acid groups (broad SMARTS) is 1. The highest BCUT2D eigenvalue weighted by molar-refractivity contribution is 5.85. The minimum atomic E-state index is -2.68. The molecule has 0 radical (unpaired) electrons. The Bertz CT molecular complexity index is 324. The average molecular weight is 277 g/mol. The Labute approximate surface area is 111 Å². The highest BCUT2D eigenvalue weighted by Crippen LogP contribution is 2.36. The van der Waals surface area contributed by atoms with Crippen LogP contribution in [0, 0.1) is 5.92 Å². The van der Waals surface area contributed by atoms with Gasteiger partial charge in [-0.25, -0.2) is 13.6 Å². The Hall–Kier alpha value is -1.20. The third-order valence-electron chi connectivity index (χ3n) is 3.55. The maximum absolute atomic E-state index is 13.0. The van der Waals surface area contributed by atoms with E-state index in [1.807, 2.05) is 6.92 Å². The van der Waals surface area contributed by atoms with E-state index in [4.69, 9.17) is 5.11 Å². The Morgan fingerprint density at radius 3 is 2.42 bits per heavy atom. The quantitative estimate of drug-likeness (QED) is 0.784. The molecule has 0 spiro atoms. The zero-order chi connectivity index (χ0) is 14.5. The Kier molecular flexibility index (Phi) is 5.69. The molecule has 4 nitrogen and oxygen atoms in total. The van der Waals surface area contributed by atoms with Crippen molar-refractivity contribution in [2.24, 2.45) is 5.92 Å². The summed E-state index contributed by atoms with van der Waals surface area (Å²) in [5, 5.41) is 11.5. The van der Waals surface area contributed by atoms with Gasteiger partial charge < -0.3 is 10.4 Å². The minimum absolute atomic E-state index is 0.124. The molecule has 1 fully saturated rings. The number of hydrogen-bond acceptors (Lipinski definition) is 2. The van der Waals surface area contributed by atoms with Crippen LogP contribution < -0.4 is 5.32 Å². The van der Waals surface area contributed by atoms with Crippen LogP contribution in [0.3, 0.4) is 0 Å². The SMILES string of the molecule is CCCCC(NC(=O)C1CCC(F)(F)CC1)C(=O)O. The maximum Gasteiger partial charge on any atom is 0.326 e. The van der Waals surface area contributed by atoms with Gasteiger partial charge in [0.05, 0.1) is 0 Å². The first kappa shape index (κ1) is 15.9. The number of carboxylic acids is 1. The number of carbonyl (C=O) groups is 2. The molecule has 1 atom stereocenters. The van der Waals surface area contributed by atoms with Crippen LogP contribution in [-0.2, 0) is 9.59 Å². The van der Waals surface area contributed by atoms with Crippen LogP contribution in [0.2, 0.25) is 0 Å². The normalized spacial score (nSPS) is 20.8. The van der Waals surface area contributed by atoms with Gasteiger partial charge in [0.2, 0.25) is 11.8 Å². The van der Waals surface area contributed by atoms with E-state index in [9.17, 15) is 18.4 Å². The number of carbonyl (C=O) groups excluding carboxylic acids is 1. The van der Waals surface area contributed by atoms with E-state index < -0.39 is 29.8 Å². The standard InChI is InChI=1S/C13H21F2NO3/c1-2-3-4-10(12(18)19)16-11(17)9-5-7-13(14,15)8-6-9/h9-10H,2-8H2,1H3,(H,16,17)(H,18,19).